The monoisotopic (exact) mass is 383 g/mol. The number of piperazine rings is 1. The molecule has 0 bridgehead atoms. The molecular formula is C22H29N3O3. The van der Waals surface area contributed by atoms with E-state index in [1.807, 2.05) is 56.1 Å². The number of carbonyl (C=O) groups excluding carboxylic acids is 2. The first-order valence-electron chi connectivity index (χ1n) is 10.1. The van der Waals surface area contributed by atoms with Gasteiger partial charge in [0.25, 0.3) is 0 Å². The van der Waals surface area contributed by atoms with E-state index in [4.69, 9.17) is 4.74 Å². The maximum absolute atomic E-state index is 13.4. The Labute approximate surface area is 165 Å². The van der Waals surface area contributed by atoms with Gasteiger partial charge in [-0.1, -0.05) is 18.2 Å². The third-order valence-electron chi connectivity index (χ3n) is 5.83. The molecule has 1 aromatic heterocycles. The summed E-state index contributed by atoms with van der Waals surface area (Å²) in [5, 5.41) is 1.09. The smallest absolute Gasteiger partial charge is 0.411 e. The van der Waals surface area contributed by atoms with Crippen LogP contribution in [0.5, 0.6) is 0 Å². The van der Waals surface area contributed by atoms with Crippen molar-refractivity contribution in [2.45, 2.75) is 70.7 Å². The molecule has 28 heavy (non-hydrogen) atoms. The highest BCUT2D eigenvalue weighted by molar-refractivity contribution is 5.90. The lowest BCUT2D eigenvalue weighted by molar-refractivity contribution is -0.145. The maximum atomic E-state index is 13.4. The number of fused-ring (bicyclic) bond motifs is 2. The Bertz CT molecular complexity index is 898. The number of H-pyrrole nitrogens is 1. The van der Waals surface area contributed by atoms with E-state index in [0.717, 1.165) is 29.3 Å². The lowest BCUT2D eigenvalue weighted by Crippen LogP contribution is -2.63. The molecule has 2 aromatic rings. The number of nitrogens with one attached hydrogen (secondary N) is 1. The Morgan fingerprint density at radius 2 is 2.00 bits per heavy atom. The Hall–Kier alpha value is -2.50. The summed E-state index contributed by atoms with van der Waals surface area (Å²) < 4.78 is 5.65. The lowest BCUT2D eigenvalue weighted by Gasteiger charge is -2.44. The molecule has 2 fully saturated rings. The molecule has 6 nitrogen and oxygen atoms in total. The highest BCUT2D eigenvalue weighted by atomic mass is 16.6. The maximum Gasteiger partial charge on any atom is 0.411 e. The van der Waals surface area contributed by atoms with Crippen molar-refractivity contribution < 1.29 is 14.3 Å². The predicted octanol–water partition coefficient (Wildman–Crippen LogP) is 3.71. The summed E-state index contributed by atoms with van der Waals surface area (Å²) in [5.41, 5.74) is 1.50. The van der Waals surface area contributed by atoms with Gasteiger partial charge in [0, 0.05) is 42.1 Å². The summed E-state index contributed by atoms with van der Waals surface area (Å²) >= 11 is 0. The minimum absolute atomic E-state index is 0.0393. The van der Waals surface area contributed by atoms with Crippen molar-refractivity contribution in [2.75, 3.05) is 6.54 Å². The van der Waals surface area contributed by atoms with Crippen LogP contribution in [0.15, 0.2) is 30.5 Å². The zero-order chi connectivity index (χ0) is 20.1. The number of carbonyl (C=O) groups is 2. The summed E-state index contributed by atoms with van der Waals surface area (Å²) in [6.45, 7) is 8.21. The molecule has 2 saturated heterocycles. The summed E-state index contributed by atoms with van der Waals surface area (Å²) in [5.74, 6) is 0.0393. The fourth-order valence-corrected chi connectivity index (χ4v) is 4.54. The van der Waals surface area contributed by atoms with Crippen molar-refractivity contribution in [3.05, 3.63) is 36.0 Å². The third kappa shape index (κ3) is 3.36. The number of aromatic amines is 1. The summed E-state index contributed by atoms with van der Waals surface area (Å²) in [7, 11) is 0. The molecule has 0 unspecified atom stereocenters. The van der Waals surface area contributed by atoms with Gasteiger partial charge in [-0.05, 0) is 52.2 Å². The quantitative estimate of drug-likeness (QED) is 0.860. The molecule has 0 aliphatic carbocycles. The van der Waals surface area contributed by atoms with Gasteiger partial charge in [-0.15, -0.1) is 0 Å². The minimum Gasteiger partial charge on any atom is -0.444 e. The Morgan fingerprint density at radius 1 is 1.25 bits per heavy atom. The van der Waals surface area contributed by atoms with Crippen LogP contribution in [-0.2, 0) is 16.0 Å². The first kappa shape index (κ1) is 18.8. The fraction of sp³-hybridized carbons (Fsp3) is 0.545. The van der Waals surface area contributed by atoms with Gasteiger partial charge in [0.1, 0.15) is 11.6 Å². The summed E-state index contributed by atoms with van der Waals surface area (Å²) in [4.78, 5) is 33.3. The van der Waals surface area contributed by atoms with Crippen LogP contribution in [0.1, 0.15) is 46.1 Å². The zero-order valence-electron chi connectivity index (χ0n) is 17.1. The lowest BCUT2D eigenvalue weighted by atomic mass is 9.99. The predicted molar refractivity (Wildman–Crippen MR) is 108 cm³/mol. The van der Waals surface area contributed by atoms with Crippen LogP contribution in [0, 0.1) is 0 Å². The van der Waals surface area contributed by atoms with Crippen LogP contribution >= 0.6 is 0 Å². The Morgan fingerprint density at radius 3 is 2.75 bits per heavy atom. The molecule has 1 N–H and O–H groups in total. The van der Waals surface area contributed by atoms with Crippen LogP contribution in [0.2, 0.25) is 0 Å². The highest BCUT2D eigenvalue weighted by Gasteiger charge is 2.47. The standard InChI is InChI=1S/C22H29N3O3/c1-14-9-10-16-13-24(21(27)28-22(2,3)4)19(20(26)25(14)16)11-15-12-23-18-8-6-5-7-17(15)18/h5-8,12,14,16,19,23H,9-11,13H2,1-4H3/t14-,16+,19-/m1/s1. The van der Waals surface area contributed by atoms with E-state index < -0.39 is 17.7 Å². The molecule has 2 aliphatic heterocycles. The molecule has 2 aliphatic rings. The molecular weight excluding hydrogens is 354 g/mol. The normalized spacial score (nSPS) is 25.3. The summed E-state index contributed by atoms with van der Waals surface area (Å²) in [6.07, 6.45) is 3.96. The van der Waals surface area contributed by atoms with E-state index in [1.165, 1.54) is 0 Å². The van der Waals surface area contributed by atoms with Gasteiger partial charge >= 0.3 is 6.09 Å². The molecule has 0 radical (unpaired) electrons. The van der Waals surface area contributed by atoms with Crippen molar-refractivity contribution >= 4 is 22.9 Å². The van der Waals surface area contributed by atoms with Gasteiger partial charge in [0.2, 0.25) is 5.91 Å². The minimum atomic E-state index is -0.592. The Kier molecular flexibility index (Phi) is 4.60. The number of nitrogens with zero attached hydrogens (tertiary/aromatic N) is 2. The van der Waals surface area contributed by atoms with Crippen LogP contribution < -0.4 is 0 Å². The zero-order valence-corrected chi connectivity index (χ0v) is 17.1. The molecule has 0 saturated carbocycles. The van der Waals surface area contributed by atoms with Crippen molar-refractivity contribution in [3.63, 3.8) is 0 Å². The van der Waals surface area contributed by atoms with Crippen LogP contribution in [0.25, 0.3) is 10.9 Å². The summed E-state index contributed by atoms with van der Waals surface area (Å²) in [6, 6.07) is 7.83. The first-order valence-corrected chi connectivity index (χ1v) is 10.1. The van der Waals surface area contributed by atoms with E-state index >= 15 is 0 Å². The second-order valence-electron chi connectivity index (χ2n) is 9.04. The number of ether oxygens (including phenoxy) is 1. The number of aromatic nitrogens is 1. The molecule has 2 amide bonds. The average Bonchev–Trinajstić information content (AvgIpc) is 3.20. The molecule has 3 heterocycles. The van der Waals surface area contributed by atoms with Crippen molar-refractivity contribution in [1.29, 1.82) is 0 Å². The highest BCUT2D eigenvalue weighted by Crippen LogP contribution is 2.33. The van der Waals surface area contributed by atoms with Gasteiger partial charge < -0.3 is 14.6 Å². The molecule has 150 valence electrons. The fourth-order valence-electron chi connectivity index (χ4n) is 4.54. The van der Waals surface area contributed by atoms with Crippen LogP contribution in [0.3, 0.4) is 0 Å². The second kappa shape index (κ2) is 6.83. The van der Waals surface area contributed by atoms with E-state index in [-0.39, 0.29) is 18.0 Å². The molecule has 6 heteroatoms. The van der Waals surface area contributed by atoms with E-state index in [0.29, 0.717) is 13.0 Å². The van der Waals surface area contributed by atoms with Crippen LogP contribution in [0.4, 0.5) is 4.79 Å². The van der Waals surface area contributed by atoms with E-state index in [2.05, 4.69) is 11.9 Å². The first-order chi connectivity index (χ1) is 13.2. The topological polar surface area (TPSA) is 65.6 Å². The largest absolute Gasteiger partial charge is 0.444 e. The van der Waals surface area contributed by atoms with Gasteiger partial charge in [-0.2, -0.15) is 0 Å². The average molecular weight is 383 g/mol. The van der Waals surface area contributed by atoms with Gasteiger partial charge in [0.05, 0.1) is 0 Å². The molecule has 1 aromatic carbocycles. The number of benzene rings is 1. The number of hydrogen-bond donors (Lipinski definition) is 1. The number of hydrogen-bond acceptors (Lipinski definition) is 3. The van der Waals surface area contributed by atoms with E-state index in [1.54, 1.807) is 4.90 Å². The SMILES string of the molecule is C[C@@H]1CC[C@H]2CN(C(=O)OC(C)(C)C)[C@H](Cc3c[nH]c4ccccc34)C(=O)N21. The number of para-hydroxylation sites is 1. The Balaban J connectivity index is 1.66. The van der Waals surface area contributed by atoms with Gasteiger partial charge in [0.15, 0.2) is 0 Å². The molecule has 4 rings (SSSR count). The van der Waals surface area contributed by atoms with Crippen molar-refractivity contribution in [2.24, 2.45) is 0 Å². The third-order valence-corrected chi connectivity index (χ3v) is 5.83. The van der Waals surface area contributed by atoms with E-state index in [9.17, 15) is 9.59 Å². The molecule has 3 atom stereocenters. The van der Waals surface area contributed by atoms with Crippen molar-refractivity contribution in [1.82, 2.24) is 14.8 Å². The van der Waals surface area contributed by atoms with Crippen LogP contribution in [-0.4, -0.2) is 57.1 Å². The number of rotatable bonds is 2. The van der Waals surface area contributed by atoms with Gasteiger partial charge in [-0.3, -0.25) is 9.69 Å². The van der Waals surface area contributed by atoms with Crippen molar-refractivity contribution in [3.8, 4) is 0 Å². The second-order valence-corrected chi connectivity index (χ2v) is 9.04. The number of amides is 2. The van der Waals surface area contributed by atoms with Gasteiger partial charge in [-0.25, -0.2) is 4.79 Å². The molecule has 0 spiro atoms.